The minimum Gasteiger partial charge on any atom is -0.469 e. The van der Waals surface area contributed by atoms with Crippen molar-refractivity contribution in [1.82, 2.24) is 0 Å². The van der Waals surface area contributed by atoms with Gasteiger partial charge in [-0.15, -0.1) is 0 Å². The zero-order valence-electron chi connectivity index (χ0n) is 19.2. The first-order valence-electron chi connectivity index (χ1n) is 10.4. The summed E-state index contributed by atoms with van der Waals surface area (Å²) in [5, 5.41) is 3.22. The summed E-state index contributed by atoms with van der Waals surface area (Å²) in [6.07, 6.45) is 0.287. The number of hydrogen-bond acceptors (Lipinski definition) is 5. The number of carbonyl (C=O) groups excluding carboxylic acids is 3. The maximum atomic E-state index is 12.8. The summed E-state index contributed by atoms with van der Waals surface area (Å²) in [7, 11) is 1.33. The largest absolute Gasteiger partial charge is 0.469 e. The number of nitrogens with one attached hydrogen (secondary N) is 1. The Labute approximate surface area is 194 Å². The monoisotopic (exact) mass is 459 g/mol. The summed E-state index contributed by atoms with van der Waals surface area (Å²) in [6, 6.07) is 12.4. The molecule has 0 spiro atoms. The summed E-state index contributed by atoms with van der Waals surface area (Å²) in [5.41, 5.74) is 2.36. The highest BCUT2D eigenvalue weighted by atomic mass is 35.5. The standard InChI is InChI=1S/C25H30ClNO5/c1-16-6-9-19(15-21(16)26)22(28)13-18(14-23(29)31-5)12-17-7-10-20(11-8-17)27-24(30)32-25(2,3)4/h6-11,15,18H,12-14H2,1-5H3,(H,27,30)/t18-/m1/s1. The van der Waals surface area contributed by atoms with Gasteiger partial charge in [0.05, 0.1) is 7.11 Å². The predicted octanol–water partition coefficient (Wildman–Crippen LogP) is 5.99. The highest BCUT2D eigenvalue weighted by Crippen LogP contribution is 2.23. The number of carbonyl (C=O) groups is 3. The molecular formula is C25H30ClNO5. The summed E-state index contributed by atoms with van der Waals surface area (Å²) >= 11 is 6.15. The Morgan fingerprint density at radius 2 is 1.69 bits per heavy atom. The number of rotatable bonds is 8. The fourth-order valence-corrected chi connectivity index (χ4v) is 3.34. The summed E-state index contributed by atoms with van der Waals surface area (Å²) < 4.78 is 10.1. The SMILES string of the molecule is COC(=O)C[C@@H](CC(=O)c1ccc(C)c(Cl)c1)Cc1ccc(NC(=O)OC(C)(C)C)cc1. The van der Waals surface area contributed by atoms with Crippen LogP contribution in [0.3, 0.4) is 0 Å². The quantitative estimate of drug-likeness (QED) is 0.387. The maximum Gasteiger partial charge on any atom is 0.412 e. The van der Waals surface area contributed by atoms with E-state index in [1.165, 1.54) is 7.11 Å². The molecule has 0 fully saturated rings. The molecule has 0 aliphatic carbocycles. The molecule has 0 radical (unpaired) electrons. The topological polar surface area (TPSA) is 81.7 Å². The van der Waals surface area contributed by atoms with Crippen LogP contribution in [0.5, 0.6) is 0 Å². The molecular weight excluding hydrogens is 430 g/mol. The van der Waals surface area contributed by atoms with Crippen molar-refractivity contribution in [2.24, 2.45) is 5.92 Å². The maximum absolute atomic E-state index is 12.8. The van der Waals surface area contributed by atoms with Gasteiger partial charge in [0.15, 0.2) is 5.78 Å². The Hall–Kier alpha value is -2.86. The number of hydrogen-bond donors (Lipinski definition) is 1. The molecule has 0 aliphatic rings. The zero-order valence-corrected chi connectivity index (χ0v) is 19.9. The lowest BCUT2D eigenvalue weighted by Crippen LogP contribution is -2.27. The second-order valence-corrected chi connectivity index (χ2v) is 9.17. The lowest BCUT2D eigenvalue weighted by atomic mass is 9.89. The first kappa shape index (κ1) is 25.4. The van der Waals surface area contributed by atoms with Crippen molar-refractivity contribution >= 4 is 35.1 Å². The van der Waals surface area contributed by atoms with Crippen molar-refractivity contribution in [2.75, 3.05) is 12.4 Å². The first-order chi connectivity index (χ1) is 15.0. The molecule has 0 heterocycles. The van der Waals surface area contributed by atoms with Gasteiger partial charge in [0.2, 0.25) is 0 Å². The van der Waals surface area contributed by atoms with Crippen LogP contribution in [0.4, 0.5) is 10.5 Å². The third-order valence-corrected chi connectivity index (χ3v) is 5.18. The van der Waals surface area contributed by atoms with Crippen molar-refractivity contribution in [3.8, 4) is 0 Å². The van der Waals surface area contributed by atoms with E-state index in [2.05, 4.69) is 5.32 Å². The molecule has 0 saturated heterocycles. The molecule has 7 heteroatoms. The summed E-state index contributed by atoms with van der Waals surface area (Å²) in [4.78, 5) is 36.6. The third kappa shape index (κ3) is 8.35. The van der Waals surface area contributed by atoms with Crippen LogP contribution in [-0.4, -0.2) is 30.6 Å². The van der Waals surface area contributed by atoms with Gasteiger partial charge in [-0.05, 0) is 69.4 Å². The Kier molecular flexibility index (Phi) is 8.84. The zero-order chi connectivity index (χ0) is 23.9. The van der Waals surface area contributed by atoms with Crippen molar-refractivity contribution < 1.29 is 23.9 Å². The van der Waals surface area contributed by atoms with Crippen LogP contribution < -0.4 is 5.32 Å². The summed E-state index contributed by atoms with van der Waals surface area (Å²) in [5.74, 6) is -0.684. The highest BCUT2D eigenvalue weighted by Gasteiger charge is 2.21. The van der Waals surface area contributed by atoms with E-state index in [9.17, 15) is 14.4 Å². The van der Waals surface area contributed by atoms with Crippen molar-refractivity contribution in [2.45, 2.75) is 52.6 Å². The number of aryl methyl sites for hydroxylation is 1. The number of anilines is 1. The Morgan fingerprint density at radius 1 is 1.03 bits per heavy atom. The molecule has 1 atom stereocenters. The van der Waals surface area contributed by atoms with E-state index in [-0.39, 0.29) is 30.5 Å². The van der Waals surface area contributed by atoms with E-state index in [0.29, 0.717) is 22.7 Å². The Balaban J connectivity index is 2.07. The fourth-order valence-electron chi connectivity index (χ4n) is 3.16. The average molecular weight is 460 g/mol. The van der Waals surface area contributed by atoms with E-state index in [0.717, 1.165) is 11.1 Å². The first-order valence-corrected chi connectivity index (χ1v) is 10.8. The molecule has 0 saturated carbocycles. The average Bonchev–Trinajstić information content (AvgIpc) is 2.69. The smallest absolute Gasteiger partial charge is 0.412 e. The minimum atomic E-state index is -0.584. The van der Waals surface area contributed by atoms with E-state index in [1.54, 1.807) is 51.1 Å². The van der Waals surface area contributed by atoms with Crippen LogP contribution in [0.1, 0.15) is 55.1 Å². The van der Waals surface area contributed by atoms with Crippen LogP contribution in [-0.2, 0) is 20.7 Å². The minimum absolute atomic E-state index is 0.0796. The van der Waals surface area contributed by atoms with Crippen LogP contribution in [0, 0.1) is 12.8 Å². The second-order valence-electron chi connectivity index (χ2n) is 8.77. The van der Waals surface area contributed by atoms with Crippen molar-refractivity contribution in [3.05, 3.63) is 64.2 Å². The number of benzene rings is 2. The van der Waals surface area contributed by atoms with Crippen molar-refractivity contribution in [3.63, 3.8) is 0 Å². The normalized spacial score (nSPS) is 12.1. The number of Topliss-reactive ketones (excluding diaryl/α,β-unsaturated/α-hetero) is 1. The van der Waals surface area contributed by atoms with Gasteiger partial charge in [-0.3, -0.25) is 14.9 Å². The lowest BCUT2D eigenvalue weighted by Gasteiger charge is -2.20. The van der Waals surface area contributed by atoms with Gasteiger partial charge in [-0.25, -0.2) is 4.79 Å². The summed E-state index contributed by atoms with van der Waals surface area (Å²) in [6.45, 7) is 7.26. The van der Waals surface area contributed by atoms with Crippen LogP contribution in [0.2, 0.25) is 5.02 Å². The number of ketones is 1. The number of esters is 1. The Morgan fingerprint density at radius 3 is 2.25 bits per heavy atom. The molecule has 172 valence electrons. The lowest BCUT2D eigenvalue weighted by molar-refractivity contribution is -0.141. The molecule has 1 amide bonds. The molecule has 32 heavy (non-hydrogen) atoms. The van der Waals surface area contributed by atoms with Crippen LogP contribution in [0.15, 0.2) is 42.5 Å². The van der Waals surface area contributed by atoms with Gasteiger partial charge in [-0.2, -0.15) is 0 Å². The van der Waals surface area contributed by atoms with E-state index in [4.69, 9.17) is 21.1 Å². The molecule has 0 aromatic heterocycles. The molecule has 1 N–H and O–H groups in total. The van der Waals surface area contributed by atoms with Gasteiger partial charge in [-0.1, -0.05) is 35.9 Å². The number of methoxy groups -OCH3 is 1. The highest BCUT2D eigenvalue weighted by molar-refractivity contribution is 6.31. The van der Waals surface area contributed by atoms with E-state index in [1.807, 2.05) is 19.1 Å². The molecule has 2 rings (SSSR count). The predicted molar refractivity (Wildman–Crippen MR) is 125 cm³/mol. The van der Waals surface area contributed by atoms with E-state index >= 15 is 0 Å². The molecule has 2 aromatic carbocycles. The molecule has 2 aromatic rings. The van der Waals surface area contributed by atoms with Crippen molar-refractivity contribution in [1.29, 1.82) is 0 Å². The van der Waals surface area contributed by atoms with E-state index < -0.39 is 11.7 Å². The van der Waals surface area contributed by atoms with Crippen LogP contribution in [0.25, 0.3) is 0 Å². The number of halogens is 1. The number of amides is 1. The van der Waals surface area contributed by atoms with Gasteiger partial charge in [0, 0.05) is 29.1 Å². The molecule has 0 unspecified atom stereocenters. The fraction of sp³-hybridized carbons (Fsp3) is 0.400. The number of ether oxygens (including phenoxy) is 2. The van der Waals surface area contributed by atoms with Gasteiger partial charge >= 0.3 is 12.1 Å². The van der Waals surface area contributed by atoms with Gasteiger partial charge < -0.3 is 9.47 Å². The van der Waals surface area contributed by atoms with Gasteiger partial charge in [0.1, 0.15) is 5.60 Å². The molecule has 0 bridgehead atoms. The molecule has 6 nitrogen and oxygen atoms in total. The Bertz CT molecular complexity index is 963. The second kappa shape index (κ2) is 11.1. The molecule has 0 aliphatic heterocycles. The third-order valence-electron chi connectivity index (χ3n) is 4.77. The van der Waals surface area contributed by atoms with Crippen LogP contribution >= 0.6 is 11.6 Å². The van der Waals surface area contributed by atoms with Gasteiger partial charge in [0.25, 0.3) is 0 Å².